The Kier molecular flexibility index (Phi) is 2.55. The Balaban J connectivity index is 2.72. The summed E-state index contributed by atoms with van der Waals surface area (Å²) in [4.78, 5) is 0. The standard InChI is InChI=1S/C14H20N2/c1-10(2)16-9-8-11-12(14(3,4)15)6-5-7-13(11)16/h5-10H,15H2,1-4H3. The number of benzene rings is 1. The first-order chi connectivity index (χ1) is 7.41. The van der Waals surface area contributed by atoms with Crippen LogP contribution < -0.4 is 5.73 Å². The minimum Gasteiger partial charge on any atom is -0.345 e. The molecular formula is C14H20N2. The zero-order chi connectivity index (χ0) is 11.9. The molecule has 0 fully saturated rings. The molecule has 1 heterocycles. The predicted octanol–water partition coefficient (Wildman–Crippen LogP) is 3.42. The minimum absolute atomic E-state index is 0.289. The summed E-state index contributed by atoms with van der Waals surface area (Å²) in [5.41, 5.74) is 8.39. The molecule has 0 aliphatic heterocycles. The number of aromatic nitrogens is 1. The summed E-state index contributed by atoms with van der Waals surface area (Å²) < 4.78 is 2.28. The second-order valence-corrected chi connectivity index (χ2v) is 5.28. The molecule has 1 aromatic heterocycles. The van der Waals surface area contributed by atoms with Gasteiger partial charge in [-0.25, -0.2) is 0 Å². The maximum absolute atomic E-state index is 6.20. The maximum Gasteiger partial charge on any atom is 0.0486 e. The van der Waals surface area contributed by atoms with Crippen molar-refractivity contribution in [1.29, 1.82) is 0 Å². The highest BCUT2D eigenvalue weighted by Crippen LogP contribution is 2.28. The van der Waals surface area contributed by atoms with Crippen LogP contribution in [0.2, 0.25) is 0 Å². The van der Waals surface area contributed by atoms with Gasteiger partial charge >= 0.3 is 0 Å². The Bertz CT molecular complexity index is 501. The van der Waals surface area contributed by atoms with Crippen molar-refractivity contribution in [2.24, 2.45) is 5.73 Å². The fourth-order valence-corrected chi connectivity index (χ4v) is 2.20. The van der Waals surface area contributed by atoms with E-state index in [9.17, 15) is 0 Å². The fraction of sp³-hybridized carbons (Fsp3) is 0.429. The molecule has 0 bridgehead atoms. The van der Waals surface area contributed by atoms with Gasteiger partial charge in [-0.3, -0.25) is 0 Å². The van der Waals surface area contributed by atoms with E-state index < -0.39 is 0 Å². The van der Waals surface area contributed by atoms with Gasteiger partial charge in [-0.1, -0.05) is 12.1 Å². The number of hydrogen-bond donors (Lipinski definition) is 1. The van der Waals surface area contributed by atoms with E-state index in [4.69, 9.17) is 5.73 Å². The molecule has 0 aliphatic rings. The first-order valence-corrected chi connectivity index (χ1v) is 5.80. The highest BCUT2D eigenvalue weighted by atomic mass is 15.0. The second-order valence-electron chi connectivity index (χ2n) is 5.28. The van der Waals surface area contributed by atoms with E-state index in [1.807, 2.05) is 0 Å². The van der Waals surface area contributed by atoms with Gasteiger partial charge in [0.25, 0.3) is 0 Å². The lowest BCUT2D eigenvalue weighted by molar-refractivity contribution is 0.559. The van der Waals surface area contributed by atoms with Gasteiger partial charge in [0.05, 0.1) is 0 Å². The van der Waals surface area contributed by atoms with Crippen LogP contribution >= 0.6 is 0 Å². The van der Waals surface area contributed by atoms with Crippen LogP contribution in [0.5, 0.6) is 0 Å². The fourth-order valence-electron chi connectivity index (χ4n) is 2.20. The Morgan fingerprint density at radius 3 is 2.44 bits per heavy atom. The van der Waals surface area contributed by atoms with Crippen molar-refractivity contribution >= 4 is 10.9 Å². The Morgan fingerprint density at radius 1 is 1.19 bits per heavy atom. The highest BCUT2D eigenvalue weighted by Gasteiger charge is 2.18. The zero-order valence-electron chi connectivity index (χ0n) is 10.5. The molecule has 2 heteroatoms. The molecule has 2 nitrogen and oxygen atoms in total. The monoisotopic (exact) mass is 216 g/mol. The molecule has 0 saturated heterocycles. The summed E-state index contributed by atoms with van der Waals surface area (Å²) in [6, 6.07) is 9.01. The SMILES string of the molecule is CC(C)n1ccc2c(C(C)(C)N)cccc21. The van der Waals surface area contributed by atoms with Gasteiger partial charge in [-0.05, 0) is 45.4 Å². The van der Waals surface area contributed by atoms with E-state index in [-0.39, 0.29) is 5.54 Å². The molecule has 0 radical (unpaired) electrons. The first-order valence-electron chi connectivity index (χ1n) is 5.80. The van der Waals surface area contributed by atoms with Crippen LogP contribution in [0.3, 0.4) is 0 Å². The maximum atomic E-state index is 6.20. The van der Waals surface area contributed by atoms with Crippen molar-refractivity contribution in [2.45, 2.75) is 39.3 Å². The van der Waals surface area contributed by atoms with Crippen LogP contribution in [0.25, 0.3) is 10.9 Å². The van der Waals surface area contributed by atoms with Gasteiger partial charge in [-0.15, -0.1) is 0 Å². The van der Waals surface area contributed by atoms with Gasteiger partial charge < -0.3 is 10.3 Å². The number of nitrogens with two attached hydrogens (primary N) is 1. The van der Waals surface area contributed by atoms with Gasteiger partial charge in [0.15, 0.2) is 0 Å². The molecule has 2 aromatic rings. The van der Waals surface area contributed by atoms with E-state index >= 15 is 0 Å². The second kappa shape index (κ2) is 3.63. The molecule has 86 valence electrons. The van der Waals surface area contributed by atoms with Crippen molar-refractivity contribution in [3.63, 3.8) is 0 Å². The van der Waals surface area contributed by atoms with Crippen LogP contribution in [-0.4, -0.2) is 4.57 Å². The summed E-state index contributed by atoms with van der Waals surface area (Å²) >= 11 is 0. The van der Waals surface area contributed by atoms with E-state index in [0.29, 0.717) is 6.04 Å². The average Bonchev–Trinajstić information content (AvgIpc) is 2.58. The third-order valence-electron chi connectivity index (χ3n) is 3.01. The normalized spacial score (nSPS) is 12.6. The lowest BCUT2D eigenvalue weighted by Crippen LogP contribution is -2.28. The van der Waals surface area contributed by atoms with E-state index in [0.717, 1.165) is 0 Å². The largest absolute Gasteiger partial charge is 0.345 e. The Morgan fingerprint density at radius 2 is 1.88 bits per heavy atom. The molecule has 16 heavy (non-hydrogen) atoms. The summed E-state index contributed by atoms with van der Waals surface area (Å²) in [5, 5.41) is 1.27. The molecule has 0 aliphatic carbocycles. The van der Waals surface area contributed by atoms with Crippen molar-refractivity contribution < 1.29 is 0 Å². The number of rotatable bonds is 2. The highest BCUT2D eigenvalue weighted by molar-refractivity contribution is 5.84. The number of hydrogen-bond acceptors (Lipinski definition) is 1. The molecule has 2 rings (SSSR count). The van der Waals surface area contributed by atoms with Crippen LogP contribution in [0.1, 0.15) is 39.3 Å². The minimum atomic E-state index is -0.289. The molecule has 0 spiro atoms. The topological polar surface area (TPSA) is 30.9 Å². The van der Waals surface area contributed by atoms with E-state index in [2.05, 4.69) is 62.7 Å². The summed E-state index contributed by atoms with van der Waals surface area (Å²) in [6.45, 7) is 8.49. The first kappa shape index (κ1) is 11.2. The van der Waals surface area contributed by atoms with Gasteiger partial charge in [0.1, 0.15) is 0 Å². The Labute approximate surface area is 97.1 Å². The third kappa shape index (κ3) is 1.74. The third-order valence-corrected chi connectivity index (χ3v) is 3.01. The van der Waals surface area contributed by atoms with Gasteiger partial charge in [0.2, 0.25) is 0 Å². The lowest BCUT2D eigenvalue weighted by Gasteiger charge is -2.20. The van der Waals surface area contributed by atoms with Crippen LogP contribution in [-0.2, 0) is 5.54 Å². The van der Waals surface area contributed by atoms with E-state index in [1.54, 1.807) is 0 Å². The molecule has 2 N–H and O–H groups in total. The van der Waals surface area contributed by atoms with Crippen molar-refractivity contribution in [1.82, 2.24) is 4.57 Å². The van der Waals surface area contributed by atoms with Crippen molar-refractivity contribution in [3.8, 4) is 0 Å². The number of fused-ring (bicyclic) bond motifs is 1. The van der Waals surface area contributed by atoms with Crippen LogP contribution in [0.4, 0.5) is 0 Å². The van der Waals surface area contributed by atoms with E-state index in [1.165, 1.54) is 16.5 Å². The van der Waals surface area contributed by atoms with Gasteiger partial charge in [0, 0.05) is 28.7 Å². The van der Waals surface area contributed by atoms with Crippen LogP contribution in [0.15, 0.2) is 30.5 Å². The summed E-state index contributed by atoms with van der Waals surface area (Å²) in [7, 11) is 0. The zero-order valence-corrected chi connectivity index (χ0v) is 10.5. The molecule has 0 unspecified atom stereocenters. The smallest absolute Gasteiger partial charge is 0.0486 e. The van der Waals surface area contributed by atoms with Gasteiger partial charge in [-0.2, -0.15) is 0 Å². The molecule has 1 aromatic carbocycles. The molecular weight excluding hydrogens is 196 g/mol. The summed E-state index contributed by atoms with van der Waals surface area (Å²) in [5.74, 6) is 0. The molecule has 0 amide bonds. The average molecular weight is 216 g/mol. The number of nitrogens with zero attached hydrogens (tertiary/aromatic N) is 1. The lowest BCUT2D eigenvalue weighted by atomic mass is 9.92. The molecule has 0 saturated carbocycles. The van der Waals surface area contributed by atoms with Crippen LogP contribution in [0, 0.1) is 0 Å². The quantitative estimate of drug-likeness (QED) is 0.819. The predicted molar refractivity (Wildman–Crippen MR) is 69.5 cm³/mol. The molecule has 0 atom stereocenters. The van der Waals surface area contributed by atoms with Crippen molar-refractivity contribution in [3.05, 3.63) is 36.0 Å². The summed E-state index contributed by atoms with van der Waals surface area (Å²) in [6.07, 6.45) is 2.14. The Hall–Kier alpha value is -1.28. The van der Waals surface area contributed by atoms with Crippen molar-refractivity contribution in [2.75, 3.05) is 0 Å².